The van der Waals surface area contributed by atoms with Crippen molar-refractivity contribution < 1.29 is 9.59 Å². The van der Waals surface area contributed by atoms with E-state index in [1.165, 1.54) is 18.4 Å². The molecule has 7 heteroatoms. The Kier molecular flexibility index (Phi) is 5.82. The Hall–Kier alpha value is -1.76. The Bertz CT molecular complexity index is 493. The van der Waals surface area contributed by atoms with E-state index < -0.39 is 5.91 Å². The molecule has 0 aliphatic rings. The minimum atomic E-state index is -0.596. The number of nitrogens with one attached hydrogen (secondary N) is 1. The Morgan fingerprint density at radius 3 is 2.20 bits per heavy atom. The quantitative estimate of drug-likeness (QED) is 0.708. The molecule has 1 aromatic heterocycles. The molecule has 0 spiro atoms. The Labute approximate surface area is 123 Å². The molecule has 0 aromatic carbocycles. The maximum Gasteiger partial charge on any atom is 0.263 e. The monoisotopic (exact) mass is 298 g/mol. The van der Waals surface area contributed by atoms with Gasteiger partial charge in [-0.1, -0.05) is 13.8 Å². The third-order valence-electron chi connectivity index (χ3n) is 2.88. The number of hydrogen-bond donors (Lipinski definition) is 3. The van der Waals surface area contributed by atoms with Gasteiger partial charge in [0.05, 0.1) is 11.3 Å². The van der Waals surface area contributed by atoms with E-state index in [0.717, 1.165) is 25.9 Å². The van der Waals surface area contributed by atoms with Gasteiger partial charge >= 0.3 is 0 Å². The summed E-state index contributed by atoms with van der Waals surface area (Å²) in [6.45, 7) is 5.70. The summed E-state index contributed by atoms with van der Waals surface area (Å²) in [5.41, 5.74) is 11.8. The molecule has 5 N–H and O–H groups in total. The number of amides is 2. The molecule has 112 valence electrons. The van der Waals surface area contributed by atoms with Crippen LogP contribution < -0.4 is 21.7 Å². The molecule has 20 heavy (non-hydrogen) atoms. The van der Waals surface area contributed by atoms with Crippen molar-refractivity contribution in [1.29, 1.82) is 0 Å². The molecule has 1 rings (SSSR count). The second-order valence-electron chi connectivity index (χ2n) is 4.46. The van der Waals surface area contributed by atoms with Crippen molar-refractivity contribution in [2.24, 2.45) is 5.73 Å². The number of hydrogen-bond acceptors (Lipinski definition) is 5. The van der Waals surface area contributed by atoms with Crippen molar-refractivity contribution in [2.75, 3.05) is 30.8 Å². The van der Waals surface area contributed by atoms with E-state index in [2.05, 4.69) is 24.1 Å². The normalized spacial score (nSPS) is 10.3. The van der Waals surface area contributed by atoms with Crippen LogP contribution in [0.3, 0.4) is 0 Å². The summed E-state index contributed by atoms with van der Waals surface area (Å²) in [7, 11) is 1.53. The van der Waals surface area contributed by atoms with Gasteiger partial charge in [-0.05, 0) is 12.8 Å². The third kappa shape index (κ3) is 3.22. The minimum absolute atomic E-state index is 0.175. The zero-order valence-electron chi connectivity index (χ0n) is 12.2. The van der Waals surface area contributed by atoms with Gasteiger partial charge in [-0.2, -0.15) is 0 Å². The van der Waals surface area contributed by atoms with Gasteiger partial charge in [-0.15, -0.1) is 11.3 Å². The van der Waals surface area contributed by atoms with Gasteiger partial charge in [0.25, 0.3) is 11.8 Å². The number of nitrogen functional groups attached to an aromatic ring is 1. The standard InChI is InChI=1S/C13H22N4O2S/c1-4-6-17(7-5-2)13-8(11(15)18)9(14)10(20-13)12(19)16-3/h4-7,14H2,1-3H3,(H2,15,18)(H,16,19). The van der Waals surface area contributed by atoms with Crippen molar-refractivity contribution in [2.45, 2.75) is 26.7 Å². The minimum Gasteiger partial charge on any atom is -0.397 e. The topological polar surface area (TPSA) is 101 Å². The highest BCUT2D eigenvalue weighted by Gasteiger charge is 2.26. The summed E-state index contributed by atoms with van der Waals surface area (Å²) in [4.78, 5) is 25.9. The summed E-state index contributed by atoms with van der Waals surface area (Å²) in [6, 6.07) is 0. The Morgan fingerprint density at radius 2 is 1.80 bits per heavy atom. The van der Waals surface area contributed by atoms with E-state index in [9.17, 15) is 9.59 Å². The number of primary amides is 1. The lowest BCUT2D eigenvalue weighted by Gasteiger charge is -2.22. The van der Waals surface area contributed by atoms with Crippen LogP contribution in [0.4, 0.5) is 10.7 Å². The smallest absolute Gasteiger partial charge is 0.263 e. The van der Waals surface area contributed by atoms with E-state index in [-0.39, 0.29) is 17.2 Å². The van der Waals surface area contributed by atoms with Crippen LogP contribution in [0.25, 0.3) is 0 Å². The predicted molar refractivity (Wildman–Crippen MR) is 83.4 cm³/mol. The summed E-state index contributed by atoms with van der Waals surface area (Å²) in [5.74, 6) is -0.893. The molecule has 0 atom stereocenters. The molecule has 0 bridgehead atoms. The molecule has 0 aliphatic carbocycles. The molecule has 6 nitrogen and oxygen atoms in total. The number of nitrogens with two attached hydrogens (primary N) is 2. The first-order chi connectivity index (χ1) is 9.47. The van der Waals surface area contributed by atoms with E-state index in [0.29, 0.717) is 9.88 Å². The van der Waals surface area contributed by atoms with E-state index in [1.54, 1.807) is 0 Å². The molecule has 0 radical (unpaired) electrons. The first-order valence-electron chi connectivity index (χ1n) is 6.66. The SMILES string of the molecule is CCCN(CCC)c1sc(C(=O)NC)c(N)c1C(N)=O. The fraction of sp³-hybridized carbons (Fsp3) is 0.538. The van der Waals surface area contributed by atoms with Crippen molar-refractivity contribution in [3.05, 3.63) is 10.4 Å². The lowest BCUT2D eigenvalue weighted by Crippen LogP contribution is -2.27. The second kappa shape index (κ2) is 7.14. The highest BCUT2D eigenvalue weighted by Crippen LogP contribution is 2.38. The van der Waals surface area contributed by atoms with Crippen molar-refractivity contribution in [1.82, 2.24) is 5.32 Å². The number of carbonyl (C=O) groups excluding carboxylic acids is 2. The number of thiophene rings is 1. The highest BCUT2D eigenvalue weighted by atomic mass is 32.1. The van der Waals surface area contributed by atoms with E-state index in [1.807, 2.05) is 0 Å². The fourth-order valence-electron chi connectivity index (χ4n) is 2.03. The van der Waals surface area contributed by atoms with Gasteiger partial charge in [0, 0.05) is 20.1 Å². The van der Waals surface area contributed by atoms with Gasteiger partial charge in [0.2, 0.25) is 0 Å². The molecular formula is C13H22N4O2S. The van der Waals surface area contributed by atoms with Gasteiger partial charge in [-0.3, -0.25) is 9.59 Å². The molecule has 0 unspecified atom stereocenters. The Balaban J connectivity index is 3.35. The van der Waals surface area contributed by atoms with Crippen LogP contribution in [0.5, 0.6) is 0 Å². The predicted octanol–water partition coefficient (Wildman–Crippen LogP) is 1.42. The maximum atomic E-state index is 11.8. The number of carbonyl (C=O) groups is 2. The number of rotatable bonds is 7. The maximum absolute atomic E-state index is 11.8. The van der Waals surface area contributed by atoms with Crippen LogP contribution in [0.2, 0.25) is 0 Å². The molecule has 1 aromatic rings. The van der Waals surface area contributed by atoms with Crippen molar-refractivity contribution >= 4 is 33.8 Å². The zero-order chi connectivity index (χ0) is 15.3. The molecule has 0 fully saturated rings. The number of nitrogens with zero attached hydrogens (tertiary/aromatic N) is 1. The fourth-order valence-corrected chi connectivity index (χ4v) is 3.25. The molecule has 0 saturated heterocycles. The first kappa shape index (κ1) is 16.3. The second-order valence-corrected chi connectivity index (χ2v) is 5.45. The third-order valence-corrected chi connectivity index (χ3v) is 4.15. The lowest BCUT2D eigenvalue weighted by atomic mass is 10.2. The molecule has 2 amide bonds. The highest BCUT2D eigenvalue weighted by molar-refractivity contribution is 7.19. The largest absolute Gasteiger partial charge is 0.397 e. The first-order valence-corrected chi connectivity index (χ1v) is 7.48. The van der Waals surface area contributed by atoms with Crippen LogP contribution in [0, 0.1) is 0 Å². The molecule has 0 aliphatic heterocycles. The van der Waals surface area contributed by atoms with E-state index in [4.69, 9.17) is 11.5 Å². The van der Waals surface area contributed by atoms with Crippen LogP contribution in [-0.4, -0.2) is 32.0 Å². The van der Waals surface area contributed by atoms with E-state index >= 15 is 0 Å². The van der Waals surface area contributed by atoms with Gasteiger partial charge in [0.15, 0.2) is 0 Å². The lowest BCUT2D eigenvalue weighted by molar-refractivity contribution is 0.0967. The van der Waals surface area contributed by atoms with Gasteiger partial charge < -0.3 is 21.7 Å². The van der Waals surface area contributed by atoms with Gasteiger partial charge in [-0.25, -0.2) is 0 Å². The van der Waals surface area contributed by atoms with Crippen molar-refractivity contribution in [3.63, 3.8) is 0 Å². The summed E-state index contributed by atoms with van der Waals surface area (Å²) in [5, 5.41) is 3.22. The Morgan fingerprint density at radius 1 is 1.25 bits per heavy atom. The summed E-state index contributed by atoms with van der Waals surface area (Å²) < 4.78 is 0. The van der Waals surface area contributed by atoms with Crippen LogP contribution >= 0.6 is 11.3 Å². The molecular weight excluding hydrogens is 276 g/mol. The van der Waals surface area contributed by atoms with Gasteiger partial charge in [0.1, 0.15) is 9.88 Å². The average Bonchev–Trinajstić information content (AvgIpc) is 2.75. The van der Waals surface area contributed by atoms with Crippen molar-refractivity contribution in [3.8, 4) is 0 Å². The average molecular weight is 298 g/mol. The molecule has 0 saturated carbocycles. The molecule has 1 heterocycles. The zero-order valence-corrected chi connectivity index (χ0v) is 13.0. The van der Waals surface area contributed by atoms with Crippen LogP contribution in [0.15, 0.2) is 0 Å². The summed E-state index contributed by atoms with van der Waals surface area (Å²) in [6.07, 6.45) is 1.87. The summed E-state index contributed by atoms with van der Waals surface area (Å²) >= 11 is 1.22. The van der Waals surface area contributed by atoms with Crippen LogP contribution in [0.1, 0.15) is 46.7 Å². The number of anilines is 2. The van der Waals surface area contributed by atoms with Crippen LogP contribution in [-0.2, 0) is 0 Å².